The molecule has 1 heterocycles. The molecule has 68 valence electrons. The summed E-state index contributed by atoms with van der Waals surface area (Å²) in [6.07, 6.45) is 3.11. The lowest BCUT2D eigenvalue weighted by molar-refractivity contribution is -0.375. The van der Waals surface area contributed by atoms with Crippen molar-refractivity contribution in [3.8, 4) is 0 Å². The van der Waals surface area contributed by atoms with E-state index in [2.05, 4.69) is 6.72 Å². The molecule has 12 heavy (non-hydrogen) atoms. The predicted molar refractivity (Wildman–Crippen MR) is 44.0 cm³/mol. The van der Waals surface area contributed by atoms with E-state index in [0.717, 1.165) is 19.3 Å². The van der Waals surface area contributed by atoms with Gasteiger partial charge in [-0.05, 0) is 19.3 Å². The number of amides is 1. The van der Waals surface area contributed by atoms with E-state index in [1.807, 2.05) is 0 Å². The topological polar surface area (TPSA) is 52.4 Å². The Morgan fingerprint density at radius 2 is 2.42 bits per heavy atom. The normalized spacial score (nSPS) is 23.5. The van der Waals surface area contributed by atoms with E-state index in [4.69, 9.17) is 4.74 Å². The molecule has 1 rings (SSSR count). The minimum Gasteiger partial charge on any atom is -0.617 e. The van der Waals surface area contributed by atoms with Crippen LogP contribution in [-0.4, -0.2) is 30.1 Å². The molecule has 1 aliphatic heterocycles. The van der Waals surface area contributed by atoms with Crippen LogP contribution < -0.4 is 0 Å². The zero-order valence-electron chi connectivity index (χ0n) is 6.99. The van der Waals surface area contributed by atoms with Gasteiger partial charge >= 0.3 is 5.91 Å². The van der Waals surface area contributed by atoms with Gasteiger partial charge < -0.3 is 9.94 Å². The third-order valence-electron chi connectivity index (χ3n) is 1.95. The largest absolute Gasteiger partial charge is 0.617 e. The molecule has 0 N–H and O–H groups in total. The predicted octanol–water partition coefficient (Wildman–Crippen LogP) is 0.683. The third kappa shape index (κ3) is 2.62. The monoisotopic (exact) mass is 171 g/mol. The molecular formula is C8H13NO3. The lowest BCUT2D eigenvalue weighted by atomic mass is 10.1. The number of carbonyl (C=O) groups is 1. The van der Waals surface area contributed by atoms with Gasteiger partial charge in [-0.25, -0.2) is 4.79 Å². The molecule has 0 radical (unpaired) electrons. The number of rotatable bonds is 2. The number of carbonyl (C=O) groups excluding carboxylic acids is 1. The third-order valence-corrected chi connectivity index (χ3v) is 1.95. The summed E-state index contributed by atoms with van der Waals surface area (Å²) in [5, 5.41) is 10.4. The van der Waals surface area contributed by atoms with Gasteiger partial charge in [0.1, 0.15) is 13.1 Å². The molecule has 0 aliphatic carbocycles. The molecule has 0 saturated carbocycles. The Hall–Kier alpha value is -0.900. The second kappa shape index (κ2) is 4.21. The zero-order valence-corrected chi connectivity index (χ0v) is 6.99. The number of hydrogen-bond donors (Lipinski definition) is 0. The van der Waals surface area contributed by atoms with Crippen molar-refractivity contribution in [2.45, 2.75) is 31.8 Å². The standard InChI is InChI=1S/C8H13NO3/c1-9(11)8(10)6-7-4-2-3-5-12-7/h7H,1-6H2. The molecule has 0 aromatic carbocycles. The molecule has 0 aromatic rings. The van der Waals surface area contributed by atoms with Crippen LogP contribution >= 0.6 is 0 Å². The first-order valence-corrected chi connectivity index (χ1v) is 4.12. The van der Waals surface area contributed by atoms with Gasteiger partial charge in [0.2, 0.25) is 0 Å². The molecule has 1 saturated heterocycles. The van der Waals surface area contributed by atoms with Crippen LogP contribution in [0.15, 0.2) is 0 Å². The highest BCUT2D eigenvalue weighted by Gasteiger charge is 2.21. The highest BCUT2D eigenvalue weighted by atomic mass is 16.5. The van der Waals surface area contributed by atoms with E-state index in [0.29, 0.717) is 6.61 Å². The molecule has 1 aliphatic rings. The first-order valence-electron chi connectivity index (χ1n) is 4.12. The van der Waals surface area contributed by atoms with Crippen LogP contribution in [0.25, 0.3) is 0 Å². The van der Waals surface area contributed by atoms with Crippen molar-refractivity contribution in [2.24, 2.45) is 0 Å². The van der Waals surface area contributed by atoms with Gasteiger partial charge in [-0.1, -0.05) is 0 Å². The molecule has 4 nitrogen and oxygen atoms in total. The van der Waals surface area contributed by atoms with E-state index in [9.17, 15) is 10.0 Å². The number of ether oxygens (including phenoxy) is 1. The van der Waals surface area contributed by atoms with Gasteiger partial charge in [0.15, 0.2) is 0 Å². The van der Waals surface area contributed by atoms with Gasteiger partial charge in [-0.2, -0.15) is 0 Å². The maximum absolute atomic E-state index is 10.9. The smallest absolute Gasteiger partial charge is 0.400 e. The summed E-state index contributed by atoms with van der Waals surface area (Å²) in [5.74, 6) is -0.498. The lowest BCUT2D eigenvalue weighted by Crippen LogP contribution is -2.25. The van der Waals surface area contributed by atoms with Gasteiger partial charge in [-0.3, -0.25) is 0 Å². The summed E-state index contributed by atoms with van der Waals surface area (Å²) in [7, 11) is 0. The van der Waals surface area contributed by atoms with Crippen molar-refractivity contribution >= 4 is 12.6 Å². The van der Waals surface area contributed by atoms with Crippen molar-refractivity contribution in [3.63, 3.8) is 0 Å². The highest BCUT2D eigenvalue weighted by molar-refractivity contribution is 5.69. The molecule has 1 unspecified atom stereocenters. The Kier molecular flexibility index (Phi) is 3.22. The molecule has 1 amide bonds. The fourth-order valence-electron chi connectivity index (χ4n) is 1.26. The van der Waals surface area contributed by atoms with Gasteiger partial charge in [0.25, 0.3) is 0 Å². The summed E-state index contributed by atoms with van der Waals surface area (Å²) in [5.41, 5.74) is 0. The maximum atomic E-state index is 10.9. The Morgan fingerprint density at radius 3 is 2.92 bits per heavy atom. The minimum atomic E-state index is -0.498. The summed E-state index contributed by atoms with van der Waals surface area (Å²) in [6.45, 7) is 3.68. The second-order valence-electron chi connectivity index (χ2n) is 2.96. The van der Waals surface area contributed by atoms with Crippen molar-refractivity contribution in [1.82, 2.24) is 0 Å². The molecular weight excluding hydrogens is 158 g/mol. The molecule has 0 aromatic heterocycles. The summed E-state index contributed by atoms with van der Waals surface area (Å²) < 4.78 is 5.41. The minimum absolute atomic E-state index is 0.0653. The Morgan fingerprint density at radius 1 is 1.67 bits per heavy atom. The van der Waals surface area contributed by atoms with Crippen molar-refractivity contribution < 1.29 is 14.3 Å². The van der Waals surface area contributed by atoms with Crippen LogP contribution in [0.4, 0.5) is 0 Å². The lowest BCUT2D eigenvalue weighted by Gasteiger charge is -2.20. The first-order chi connectivity index (χ1) is 5.70. The Bertz CT molecular complexity index is 185. The average Bonchev–Trinajstić information content (AvgIpc) is 2.06. The van der Waals surface area contributed by atoms with Crippen LogP contribution in [-0.2, 0) is 9.53 Å². The summed E-state index contributed by atoms with van der Waals surface area (Å²) in [4.78, 5) is 10.9. The van der Waals surface area contributed by atoms with Gasteiger partial charge in [0.05, 0.1) is 6.10 Å². The number of hydrogen-bond acceptors (Lipinski definition) is 3. The van der Waals surface area contributed by atoms with Crippen LogP contribution in [0.3, 0.4) is 0 Å². The van der Waals surface area contributed by atoms with Crippen molar-refractivity contribution in [2.75, 3.05) is 6.61 Å². The molecule has 0 spiro atoms. The molecule has 0 bridgehead atoms. The van der Waals surface area contributed by atoms with Crippen LogP contribution in [0, 0.1) is 5.21 Å². The van der Waals surface area contributed by atoms with E-state index >= 15 is 0 Å². The quantitative estimate of drug-likeness (QED) is 0.266. The summed E-state index contributed by atoms with van der Waals surface area (Å²) in [6, 6.07) is 0. The molecule has 4 heteroatoms. The van der Waals surface area contributed by atoms with Gasteiger partial charge in [0, 0.05) is 6.61 Å². The highest BCUT2D eigenvalue weighted by Crippen LogP contribution is 2.15. The number of nitrogens with zero attached hydrogens (tertiary/aromatic N) is 1. The van der Waals surface area contributed by atoms with Crippen molar-refractivity contribution in [1.29, 1.82) is 0 Å². The Labute approximate surface area is 71.4 Å². The fraction of sp³-hybridized carbons (Fsp3) is 0.750. The van der Waals surface area contributed by atoms with Crippen LogP contribution in [0.2, 0.25) is 0 Å². The SMILES string of the molecule is C=[N+]([O-])C(=O)CC1CCCCO1. The molecule has 1 fully saturated rings. The van der Waals surface area contributed by atoms with Crippen LogP contribution in [0.1, 0.15) is 25.7 Å². The van der Waals surface area contributed by atoms with E-state index in [1.165, 1.54) is 0 Å². The molecule has 1 atom stereocenters. The number of hydroxylamine groups is 1. The fourth-order valence-corrected chi connectivity index (χ4v) is 1.26. The first kappa shape index (κ1) is 9.19. The Balaban J connectivity index is 2.29. The van der Waals surface area contributed by atoms with E-state index in [1.54, 1.807) is 0 Å². The average molecular weight is 171 g/mol. The van der Waals surface area contributed by atoms with Crippen LogP contribution in [0.5, 0.6) is 0 Å². The van der Waals surface area contributed by atoms with Crippen molar-refractivity contribution in [3.05, 3.63) is 5.21 Å². The second-order valence-corrected chi connectivity index (χ2v) is 2.96. The zero-order chi connectivity index (χ0) is 8.97. The van der Waals surface area contributed by atoms with E-state index in [-0.39, 0.29) is 17.3 Å². The van der Waals surface area contributed by atoms with Gasteiger partial charge in [-0.15, -0.1) is 4.74 Å². The maximum Gasteiger partial charge on any atom is 0.400 e. The van der Waals surface area contributed by atoms with E-state index < -0.39 is 5.91 Å². The summed E-state index contributed by atoms with van der Waals surface area (Å²) >= 11 is 0.